The highest BCUT2D eigenvalue weighted by molar-refractivity contribution is 5.94. The molecule has 0 spiro atoms. The Morgan fingerprint density at radius 1 is 1.04 bits per heavy atom. The van der Waals surface area contributed by atoms with Crippen LogP contribution in [-0.4, -0.2) is 38.1 Å². The monoisotopic (exact) mass is 349 g/mol. The SMILES string of the molecule is CN(Cc1ccc(C(C)(C)C)cc1)C(=O)c1ccc(-n2cnnn2)cc1. The number of nitrogens with zero attached hydrogens (tertiary/aromatic N) is 5. The van der Waals surface area contributed by atoms with E-state index in [9.17, 15) is 4.79 Å². The highest BCUT2D eigenvalue weighted by atomic mass is 16.2. The molecule has 6 heteroatoms. The largest absolute Gasteiger partial charge is 0.337 e. The lowest BCUT2D eigenvalue weighted by molar-refractivity contribution is 0.0785. The van der Waals surface area contributed by atoms with E-state index in [4.69, 9.17) is 0 Å². The quantitative estimate of drug-likeness (QED) is 0.725. The van der Waals surface area contributed by atoms with Gasteiger partial charge in [-0.15, -0.1) is 5.10 Å². The van der Waals surface area contributed by atoms with Crippen molar-refractivity contribution < 1.29 is 4.79 Å². The fourth-order valence-electron chi connectivity index (χ4n) is 2.71. The van der Waals surface area contributed by atoms with Crippen molar-refractivity contribution in [1.82, 2.24) is 25.1 Å². The molecule has 2 aromatic carbocycles. The smallest absolute Gasteiger partial charge is 0.253 e. The minimum Gasteiger partial charge on any atom is -0.337 e. The van der Waals surface area contributed by atoms with Gasteiger partial charge in [0.1, 0.15) is 6.33 Å². The van der Waals surface area contributed by atoms with Crippen molar-refractivity contribution in [3.63, 3.8) is 0 Å². The summed E-state index contributed by atoms with van der Waals surface area (Å²) >= 11 is 0. The Morgan fingerprint density at radius 3 is 2.23 bits per heavy atom. The molecular weight excluding hydrogens is 326 g/mol. The van der Waals surface area contributed by atoms with Crippen LogP contribution in [0.3, 0.4) is 0 Å². The van der Waals surface area contributed by atoms with Gasteiger partial charge in [-0.3, -0.25) is 4.79 Å². The molecular formula is C20H23N5O. The molecule has 3 aromatic rings. The standard InChI is InChI=1S/C20H23N5O/c1-20(2,3)17-9-5-15(6-10-17)13-24(4)19(26)16-7-11-18(12-8-16)25-14-21-22-23-25/h5-12,14H,13H2,1-4H3. The molecule has 1 heterocycles. The molecule has 0 saturated carbocycles. The fraction of sp³-hybridized carbons (Fsp3) is 0.300. The zero-order valence-electron chi connectivity index (χ0n) is 15.5. The van der Waals surface area contributed by atoms with Crippen molar-refractivity contribution in [2.75, 3.05) is 7.05 Å². The molecule has 0 aliphatic rings. The van der Waals surface area contributed by atoms with Crippen LogP contribution in [0.5, 0.6) is 0 Å². The van der Waals surface area contributed by atoms with E-state index in [1.54, 1.807) is 21.7 Å². The zero-order chi connectivity index (χ0) is 18.7. The molecule has 0 atom stereocenters. The van der Waals surface area contributed by atoms with Gasteiger partial charge in [0.25, 0.3) is 5.91 Å². The van der Waals surface area contributed by atoms with E-state index >= 15 is 0 Å². The van der Waals surface area contributed by atoms with Gasteiger partial charge in [-0.2, -0.15) is 0 Å². The van der Waals surface area contributed by atoms with Gasteiger partial charge in [-0.25, -0.2) is 4.68 Å². The number of amides is 1. The topological polar surface area (TPSA) is 63.9 Å². The number of carbonyl (C=O) groups excluding carboxylic acids is 1. The summed E-state index contributed by atoms with van der Waals surface area (Å²) in [5.41, 5.74) is 3.97. The minimum absolute atomic E-state index is 0.0202. The van der Waals surface area contributed by atoms with Crippen molar-refractivity contribution in [1.29, 1.82) is 0 Å². The molecule has 26 heavy (non-hydrogen) atoms. The zero-order valence-corrected chi connectivity index (χ0v) is 15.5. The van der Waals surface area contributed by atoms with Gasteiger partial charge in [0.2, 0.25) is 0 Å². The second-order valence-corrected chi connectivity index (χ2v) is 7.41. The van der Waals surface area contributed by atoms with Crippen LogP contribution in [0.1, 0.15) is 42.3 Å². The maximum Gasteiger partial charge on any atom is 0.253 e. The van der Waals surface area contributed by atoms with Gasteiger partial charge in [0.15, 0.2) is 0 Å². The molecule has 0 fully saturated rings. The molecule has 134 valence electrons. The van der Waals surface area contributed by atoms with Crippen LogP contribution >= 0.6 is 0 Å². The molecule has 6 nitrogen and oxygen atoms in total. The maximum absolute atomic E-state index is 12.7. The van der Waals surface area contributed by atoms with E-state index in [0.29, 0.717) is 12.1 Å². The second-order valence-electron chi connectivity index (χ2n) is 7.41. The van der Waals surface area contributed by atoms with E-state index in [2.05, 4.69) is 60.6 Å². The van der Waals surface area contributed by atoms with Crippen LogP contribution in [-0.2, 0) is 12.0 Å². The summed E-state index contributed by atoms with van der Waals surface area (Å²) in [4.78, 5) is 14.4. The minimum atomic E-state index is -0.0202. The van der Waals surface area contributed by atoms with E-state index in [1.165, 1.54) is 11.9 Å². The molecule has 3 rings (SSSR count). The van der Waals surface area contributed by atoms with Gasteiger partial charge in [-0.05, 0) is 51.2 Å². The molecule has 1 amide bonds. The highest BCUT2D eigenvalue weighted by Crippen LogP contribution is 2.22. The van der Waals surface area contributed by atoms with Crippen LogP contribution in [0.15, 0.2) is 54.9 Å². The molecule has 0 aliphatic heterocycles. The van der Waals surface area contributed by atoms with Gasteiger partial charge >= 0.3 is 0 Å². The highest BCUT2D eigenvalue weighted by Gasteiger charge is 2.15. The van der Waals surface area contributed by atoms with Crippen molar-refractivity contribution in [3.05, 3.63) is 71.5 Å². The van der Waals surface area contributed by atoms with Crippen LogP contribution < -0.4 is 0 Å². The van der Waals surface area contributed by atoms with Crippen molar-refractivity contribution >= 4 is 5.91 Å². The molecule has 0 unspecified atom stereocenters. The number of hydrogen-bond acceptors (Lipinski definition) is 4. The lowest BCUT2D eigenvalue weighted by atomic mass is 9.87. The van der Waals surface area contributed by atoms with Crippen LogP contribution in [0, 0.1) is 0 Å². The summed E-state index contributed by atoms with van der Waals surface area (Å²) < 4.78 is 1.55. The van der Waals surface area contributed by atoms with Crippen molar-refractivity contribution in [3.8, 4) is 5.69 Å². The predicted octanol–water partition coefficient (Wildman–Crippen LogP) is 3.23. The second kappa shape index (κ2) is 7.07. The van der Waals surface area contributed by atoms with Crippen LogP contribution in [0.25, 0.3) is 5.69 Å². The van der Waals surface area contributed by atoms with Crippen LogP contribution in [0.4, 0.5) is 0 Å². The van der Waals surface area contributed by atoms with Gasteiger partial charge < -0.3 is 4.90 Å². The van der Waals surface area contributed by atoms with E-state index in [-0.39, 0.29) is 11.3 Å². The fourth-order valence-corrected chi connectivity index (χ4v) is 2.71. The summed E-state index contributed by atoms with van der Waals surface area (Å²) in [6.45, 7) is 7.14. The van der Waals surface area contributed by atoms with Gasteiger partial charge in [0.05, 0.1) is 5.69 Å². The number of tetrazole rings is 1. The molecule has 0 bridgehead atoms. The summed E-state index contributed by atoms with van der Waals surface area (Å²) in [6, 6.07) is 15.7. The Hall–Kier alpha value is -3.02. The van der Waals surface area contributed by atoms with Crippen molar-refractivity contribution in [2.45, 2.75) is 32.7 Å². The summed E-state index contributed by atoms with van der Waals surface area (Å²) in [6.07, 6.45) is 1.52. The van der Waals surface area contributed by atoms with E-state index < -0.39 is 0 Å². The Bertz CT molecular complexity index is 862. The number of rotatable bonds is 4. The summed E-state index contributed by atoms with van der Waals surface area (Å²) in [7, 11) is 1.81. The first-order valence-electron chi connectivity index (χ1n) is 8.53. The van der Waals surface area contributed by atoms with Gasteiger partial charge in [0, 0.05) is 19.2 Å². The van der Waals surface area contributed by atoms with Gasteiger partial charge in [-0.1, -0.05) is 45.0 Å². The average Bonchev–Trinajstić information content (AvgIpc) is 3.15. The van der Waals surface area contributed by atoms with Crippen LogP contribution in [0.2, 0.25) is 0 Å². The maximum atomic E-state index is 12.7. The molecule has 0 radical (unpaired) electrons. The lowest BCUT2D eigenvalue weighted by Gasteiger charge is -2.21. The first-order valence-corrected chi connectivity index (χ1v) is 8.53. The average molecular weight is 349 g/mol. The van der Waals surface area contributed by atoms with Crippen molar-refractivity contribution in [2.24, 2.45) is 0 Å². The first-order chi connectivity index (χ1) is 12.3. The van der Waals surface area contributed by atoms with E-state index in [1.807, 2.05) is 19.2 Å². The Labute approximate surface area is 153 Å². The first kappa shape index (κ1) is 17.8. The molecule has 0 aliphatic carbocycles. The predicted molar refractivity (Wildman–Crippen MR) is 100 cm³/mol. The summed E-state index contributed by atoms with van der Waals surface area (Å²) in [5.74, 6) is -0.0202. The third-order valence-electron chi connectivity index (χ3n) is 4.31. The number of benzene rings is 2. The number of aromatic nitrogens is 4. The lowest BCUT2D eigenvalue weighted by Crippen LogP contribution is -2.26. The Balaban J connectivity index is 1.67. The Kier molecular flexibility index (Phi) is 4.84. The molecule has 1 aromatic heterocycles. The number of hydrogen-bond donors (Lipinski definition) is 0. The summed E-state index contributed by atoms with van der Waals surface area (Å²) in [5, 5.41) is 11.1. The van der Waals surface area contributed by atoms with E-state index in [0.717, 1.165) is 11.3 Å². The third-order valence-corrected chi connectivity index (χ3v) is 4.31. The number of carbonyl (C=O) groups is 1. The molecule has 0 saturated heterocycles. The Morgan fingerprint density at radius 2 is 1.69 bits per heavy atom. The molecule has 0 N–H and O–H groups in total. The normalized spacial score (nSPS) is 11.4. The third kappa shape index (κ3) is 3.96.